The van der Waals surface area contributed by atoms with Crippen LogP contribution in [-0.4, -0.2) is 10.3 Å². The van der Waals surface area contributed by atoms with E-state index in [1.807, 2.05) is 0 Å². The molecule has 3 nitrogen and oxygen atoms in total. The van der Waals surface area contributed by atoms with Crippen LogP contribution in [0.1, 0.15) is 19.0 Å². The number of hydrogen-bond acceptors (Lipinski definition) is 3. The van der Waals surface area contributed by atoms with Crippen LogP contribution in [0.4, 0.5) is 5.00 Å². The lowest BCUT2D eigenvalue weighted by Crippen LogP contribution is -2.08. The van der Waals surface area contributed by atoms with Crippen LogP contribution in [0.2, 0.25) is 5.02 Å². The van der Waals surface area contributed by atoms with Crippen molar-refractivity contribution in [2.75, 3.05) is 5.32 Å². The van der Waals surface area contributed by atoms with E-state index in [9.17, 15) is 4.79 Å². The first-order valence-corrected chi connectivity index (χ1v) is 4.72. The fraction of sp³-hybridized carbons (Fsp3) is 0.429. The first-order chi connectivity index (χ1) is 5.65. The zero-order valence-electron chi connectivity index (χ0n) is 6.85. The highest BCUT2D eigenvalue weighted by Crippen LogP contribution is 2.29. The van der Waals surface area contributed by atoms with Crippen molar-refractivity contribution in [1.29, 1.82) is 0 Å². The molecule has 0 unspecified atom stereocenters. The summed E-state index contributed by atoms with van der Waals surface area (Å²) in [5, 5.41) is 3.85. The van der Waals surface area contributed by atoms with Gasteiger partial charge in [0.05, 0.1) is 10.7 Å². The van der Waals surface area contributed by atoms with Gasteiger partial charge in [0.1, 0.15) is 5.00 Å². The molecule has 0 atom stereocenters. The molecule has 0 aromatic carbocycles. The van der Waals surface area contributed by atoms with Crippen molar-refractivity contribution >= 4 is 34.0 Å². The van der Waals surface area contributed by atoms with Crippen LogP contribution in [0.25, 0.3) is 0 Å². The summed E-state index contributed by atoms with van der Waals surface area (Å²) in [7, 11) is 0. The zero-order chi connectivity index (χ0) is 9.14. The van der Waals surface area contributed by atoms with E-state index in [4.69, 9.17) is 11.6 Å². The number of halogens is 1. The van der Waals surface area contributed by atoms with Gasteiger partial charge in [-0.1, -0.05) is 18.5 Å². The van der Waals surface area contributed by atoms with E-state index in [-0.39, 0.29) is 5.91 Å². The summed E-state index contributed by atoms with van der Waals surface area (Å²) in [6.45, 7) is 3.59. The Labute approximate surface area is 79.9 Å². The Morgan fingerprint density at radius 2 is 2.42 bits per heavy atom. The van der Waals surface area contributed by atoms with E-state index in [0.717, 1.165) is 5.69 Å². The Balaban J connectivity index is 2.76. The third-order valence-electron chi connectivity index (χ3n) is 1.36. The Morgan fingerprint density at radius 1 is 1.75 bits per heavy atom. The predicted molar refractivity (Wildman–Crippen MR) is 50.8 cm³/mol. The quantitative estimate of drug-likeness (QED) is 0.804. The summed E-state index contributed by atoms with van der Waals surface area (Å²) in [4.78, 5) is 11.0. The van der Waals surface area contributed by atoms with Gasteiger partial charge in [-0.15, -0.1) is 0 Å². The normalized spacial score (nSPS) is 9.92. The SMILES string of the molecule is CCC(=O)Nc1snc(C)c1Cl. The van der Waals surface area contributed by atoms with Crippen LogP contribution in [0, 0.1) is 6.92 Å². The zero-order valence-corrected chi connectivity index (χ0v) is 8.42. The first-order valence-electron chi connectivity index (χ1n) is 3.56. The van der Waals surface area contributed by atoms with Crippen molar-refractivity contribution < 1.29 is 4.79 Å². The van der Waals surface area contributed by atoms with Crippen molar-refractivity contribution in [3.8, 4) is 0 Å². The van der Waals surface area contributed by atoms with Crippen LogP contribution < -0.4 is 5.32 Å². The largest absolute Gasteiger partial charge is 0.315 e. The molecule has 1 amide bonds. The number of aromatic nitrogens is 1. The summed E-state index contributed by atoms with van der Waals surface area (Å²) < 4.78 is 4.00. The van der Waals surface area contributed by atoms with Gasteiger partial charge in [-0.3, -0.25) is 4.79 Å². The number of rotatable bonds is 2. The molecular formula is C7H9ClN2OS. The number of hydrogen-bond donors (Lipinski definition) is 1. The van der Waals surface area contributed by atoms with Gasteiger partial charge in [0, 0.05) is 6.42 Å². The minimum absolute atomic E-state index is 0.0412. The van der Waals surface area contributed by atoms with Gasteiger partial charge in [0.15, 0.2) is 0 Å². The topological polar surface area (TPSA) is 42.0 Å². The molecule has 1 heterocycles. The minimum atomic E-state index is -0.0412. The van der Waals surface area contributed by atoms with Gasteiger partial charge in [-0.25, -0.2) is 0 Å². The molecule has 1 N–H and O–H groups in total. The van der Waals surface area contributed by atoms with Crippen LogP contribution in [0.15, 0.2) is 0 Å². The second kappa shape index (κ2) is 3.87. The number of nitrogens with one attached hydrogen (secondary N) is 1. The number of amides is 1. The van der Waals surface area contributed by atoms with Gasteiger partial charge >= 0.3 is 0 Å². The van der Waals surface area contributed by atoms with Gasteiger partial charge in [-0.05, 0) is 18.5 Å². The summed E-state index contributed by atoms with van der Waals surface area (Å²) in [5.41, 5.74) is 0.757. The maximum absolute atomic E-state index is 11.0. The maximum atomic E-state index is 11.0. The Hall–Kier alpha value is -0.610. The van der Waals surface area contributed by atoms with Gasteiger partial charge in [0.2, 0.25) is 5.91 Å². The summed E-state index contributed by atoms with van der Waals surface area (Å²) in [6.07, 6.45) is 0.452. The molecule has 1 aromatic heterocycles. The molecule has 0 spiro atoms. The van der Waals surface area contributed by atoms with E-state index >= 15 is 0 Å². The number of nitrogens with zero attached hydrogens (tertiary/aromatic N) is 1. The lowest BCUT2D eigenvalue weighted by atomic mass is 10.4. The highest BCUT2D eigenvalue weighted by Gasteiger charge is 2.09. The molecule has 0 aliphatic heterocycles. The molecule has 5 heteroatoms. The summed E-state index contributed by atoms with van der Waals surface area (Å²) >= 11 is 7.05. The molecular weight excluding hydrogens is 196 g/mol. The van der Waals surface area contributed by atoms with Crippen molar-refractivity contribution in [3.63, 3.8) is 0 Å². The maximum Gasteiger partial charge on any atom is 0.224 e. The number of carbonyl (C=O) groups excluding carboxylic acids is 1. The smallest absolute Gasteiger partial charge is 0.224 e. The van der Waals surface area contributed by atoms with Gasteiger partial charge < -0.3 is 5.32 Å². The molecule has 66 valence electrons. The molecule has 1 aromatic rings. The van der Waals surface area contributed by atoms with Crippen LogP contribution in [0.5, 0.6) is 0 Å². The molecule has 0 bridgehead atoms. The van der Waals surface area contributed by atoms with E-state index in [0.29, 0.717) is 16.4 Å². The second-order valence-corrected chi connectivity index (χ2v) is 3.46. The standard InChI is InChI=1S/C7H9ClN2OS/c1-3-5(11)9-7-6(8)4(2)10-12-7/h3H2,1-2H3,(H,9,11). The van der Waals surface area contributed by atoms with E-state index < -0.39 is 0 Å². The van der Waals surface area contributed by atoms with Gasteiger partial charge in [-0.2, -0.15) is 4.37 Å². The molecule has 0 aliphatic carbocycles. The average molecular weight is 205 g/mol. The number of anilines is 1. The van der Waals surface area contributed by atoms with E-state index in [2.05, 4.69) is 9.69 Å². The fourth-order valence-electron chi connectivity index (χ4n) is 0.651. The van der Waals surface area contributed by atoms with Crippen LogP contribution >= 0.6 is 23.1 Å². The van der Waals surface area contributed by atoms with Crippen molar-refractivity contribution in [1.82, 2.24) is 4.37 Å². The van der Waals surface area contributed by atoms with Gasteiger partial charge in [0.25, 0.3) is 0 Å². The Bertz CT molecular complexity index is 298. The molecule has 0 saturated carbocycles. The molecule has 0 radical (unpaired) electrons. The molecule has 12 heavy (non-hydrogen) atoms. The van der Waals surface area contributed by atoms with Crippen molar-refractivity contribution in [3.05, 3.63) is 10.7 Å². The molecule has 0 saturated heterocycles. The lowest BCUT2D eigenvalue weighted by Gasteiger charge is -1.98. The first kappa shape index (κ1) is 9.48. The number of aryl methyl sites for hydroxylation is 1. The fourth-order valence-corrected chi connectivity index (χ4v) is 1.60. The van der Waals surface area contributed by atoms with E-state index in [1.165, 1.54) is 11.5 Å². The number of carbonyl (C=O) groups is 1. The minimum Gasteiger partial charge on any atom is -0.315 e. The summed E-state index contributed by atoms with van der Waals surface area (Å²) in [5.74, 6) is -0.0412. The lowest BCUT2D eigenvalue weighted by molar-refractivity contribution is -0.115. The Morgan fingerprint density at radius 3 is 2.83 bits per heavy atom. The van der Waals surface area contributed by atoms with Crippen molar-refractivity contribution in [2.24, 2.45) is 0 Å². The van der Waals surface area contributed by atoms with Crippen LogP contribution in [0.3, 0.4) is 0 Å². The average Bonchev–Trinajstić information content (AvgIpc) is 2.36. The third kappa shape index (κ3) is 1.95. The monoisotopic (exact) mass is 204 g/mol. The highest BCUT2D eigenvalue weighted by atomic mass is 35.5. The Kier molecular flexibility index (Phi) is 3.05. The van der Waals surface area contributed by atoms with Crippen LogP contribution in [-0.2, 0) is 4.79 Å². The van der Waals surface area contributed by atoms with E-state index in [1.54, 1.807) is 13.8 Å². The molecule has 0 fully saturated rings. The molecule has 1 rings (SSSR count). The highest BCUT2D eigenvalue weighted by molar-refractivity contribution is 7.11. The molecule has 0 aliphatic rings. The third-order valence-corrected chi connectivity index (χ3v) is 2.79. The second-order valence-electron chi connectivity index (χ2n) is 2.31. The van der Waals surface area contributed by atoms with Crippen molar-refractivity contribution in [2.45, 2.75) is 20.3 Å². The predicted octanol–water partition coefficient (Wildman–Crippen LogP) is 2.45. The summed E-state index contributed by atoms with van der Waals surface area (Å²) in [6, 6.07) is 0.